The molecule has 0 saturated heterocycles. The van der Waals surface area contributed by atoms with E-state index < -0.39 is 0 Å². The van der Waals surface area contributed by atoms with Crippen LogP contribution in [0, 0.1) is 0 Å². The summed E-state index contributed by atoms with van der Waals surface area (Å²) >= 11 is 1.89. The minimum Gasteiger partial charge on any atom is -0.382 e. The maximum absolute atomic E-state index is 5.39. The minimum absolute atomic E-state index is 0.639. The highest BCUT2D eigenvalue weighted by Crippen LogP contribution is 1.98. The van der Waals surface area contributed by atoms with Crippen molar-refractivity contribution in [2.45, 2.75) is 19.8 Å². The fourth-order valence-electron chi connectivity index (χ4n) is 1.38. The first-order valence-corrected chi connectivity index (χ1v) is 8.32. The minimum atomic E-state index is 0.639. The van der Waals surface area contributed by atoms with E-state index in [9.17, 15) is 0 Å². The number of nitrogens with one attached hydrogen (secondary N) is 2. The summed E-state index contributed by atoms with van der Waals surface area (Å²) in [6, 6.07) is 0. The average Bonchev–Trinajstić information content (AvgIpc) is 2.42. The van der Waals surface area contributed by atoms with Crippen molar-refractivity contribution < 1.29 is 9.47 Å². The van der Waals surface area contributed by atoms with Gasteiger partial charge in [-0.25, -0.2) is 0 Å². The van der Waals surface area contributed by atoms with Crippen LogP contribution in [0.15, 0.2) is 4.99 Å². The van der Waals surface area contributed by atoms with Crippen LogP contribution in [0.5, 0.6) is 0 Å². The van der Waals surface area contributed by atoms with Gasteiger partial charge < -0.3 is 20.1 Å². The molecule has 0 aromatic heterocycles. The van der Waals surface area contributed by atoms with E-state index in [0.717, 1.165) is 32.0 Å². The van der Waals surface area contributed by atoms with Crippen molar-refractivity contribution in [2.24, 2.45) is 4.99 Å². The van der Waals surface area contributed by atoms with Crippen LogP contribution >= 0.6 is 11.8 Å². The Balaban J connectivity index is 3.62. The zero-order valence-electron chi connectivity index (χ0n) is 12.5. The van der Waals surface area contributed by atoms with Crippen molar-refractivity contribution in [1.29, 1.82) is 0 Å². The van der Waals surface area contributed by atoms with Gasteiger partial charge in [0, 0.05) is 26.7 Å². The Kier molecular flexibility index (Phi) is 15.2. The fraction of sp³-hybridized carbons (Fsp3) is 0.923. The molecular formula is C13H29N3O2S. The molecule has 0 aromatic rings. The molecule has 0 rings (SSSR count). The molecule has 19 heavy (non-hydrogen) atoms. The number of unbranched alkanes of at least 4 members (excludes halogenated alkanes) is 1. The van der Waals surface area contributed by atoms with Crippen LogP contribution in [0.3, 0.4) is 0 Å². The van der Waals surface area contributed by atoms with E-state index in [1.165, 1.54) is 12.2 Å². The highest BCUT2D eigenvalue weighted by Gasteiger charge is 1.96. The molecule has 0 amide bonds. The van der Waals surface area contributed by atoms with Gasteiger partial charge in [-0.05, 0) is 31.8 Å². The number of thioether (sulfide) groups is 1. The second-order valence-electron chi connectivity index (χ2n) is 3.99. The molecule has 0 atom stereocenters. The highest BCUT2D eigenvalue weighted by molar-refractivity contribution is 7.98. The zero-order valence-corrected chi connectivity index (χ0v) is 13.4. The number of hydrogen-bond acceptors (Lipinski definition) is 4. The Morgan fingerprint density at radius 3 is 2.68 bits per heavy atom. The van der Waals surface area contributed by atoms with Crippen LogP contribution < -0.4 is 10.6 Å². The van der Waals surface area contributed by atoms with Crippen LogP contribution in [-0.4, -0.2) is 64.5 Å². The van der Waals surface area contributed by atoms with E-state index >= 15 is 0 Å². The van der Waals surface area contributed by atoms with Gasteiger partial charge in [0.25, 0.3) is 0 Å². The summed E-state index contributed by atoms with van der Waals surface area (Å²) in [6.45, 7) is 6.53. The highest BCUT2D eigenvalue weighted by atomic mass is 32.2. The second kappa shape index (κ2) is 15.6. The molecule has 6 heteroatoms. The lowest BCUT2D eigenvalue weighted by atomic mass is 10.3. The maximum Gasteiger partial charge on any atom is 0.191 e. The van der Waals surface area contributed by atoms with Gasteiger partial charge in [0.2, 0.25) is 0 Å². The van der Waals surface area contributed by atoms with E-state index in [2.05, 4.69) is 28.8 Å². The molecule has 5 nitrogen and oxygen atoms in total. The molecule has 0 spiro atoms. The van der Waals surface area contributed by atoms with Crippen molar-refractivity contribution in [3.63, 3.8) is 0 Å². The third-order valence-corrected chi connectivity index (χ3v) is 3.04. The SMILES string of the molecule is CCNC(=NCCCCSC)NCCOCCOC. The van der Waals surface area contributed by atoms with Gasteiger partial charge in [0.15, 0.2) is 5.96 Å². The summed E-state index contributed by atoms with van der Waals surface area (Å²) in [6.07, 6.45) is 4.50. The van der Waals surface area contributed by atoms with E-state index in [4.69, 9.17) is 9.47 Å². The average molecular weight is 291 g/mol. The monoisotopic (exact) mass is 291 g/mol. The number of nitrogens with zero attached hydrogens (tertiary/aromatic N) is 1. The molecule has 0 unspecified atom stereocenters. The third kappa shape index (κ3) is 13.8. The first-order valence-electron chi connectivity index (χ1n) is 6.93. The zero-order chi connectivity index (χ0) is 14.2. The molecule has 0 aromatic carbocycles. The van der Waals surface area contributed by atoms with Crippen molar-refractivity contribution in [2.75, 3.05) is 58.6 Å². The molecule has 114 valence electrons. The normalized spacial score (nSPS) is 11.6. The fourth-order valence-corrected chi connectivity index (χ4v) is 1.87. The molecule has 0 bridgehead atoms. The molecule has 0 aliphatic heterocycles. The standard InChI is InChI=1S/C13H29N3O2S/c1-4-14-13(15-7-5-6-12-19-3)16-8-9-18-11-10-17-2/h4-12H2,1-3H3,(H2,14,15,16). The Hall–Kier alpha value is -0.460. The summed E-state index contributed by atoms with van der Waals surface area (Å²) in [5, 5.41) is 6.49. The predicted molar refractivity (Wildman–Crippen MR) is 84.3 cm³/mol. The van der Waals surface area contributed by atoms with Crippen LogP contribution in [0.2, 0.25) is 0 Å². The number of rotatable bonds is 12. The van der Waals surface area contributed by atoms with Crippen molar-refractivity contribution >= 4 is 17.7 Å². The summed E-state index contributed by atoms with van der Waals surface area (Å²) in [7, 11) is 1.68. The third-order valence-electron chi connectivity index (χ3n) is 2.34. The summed E-state index contributed by atoms with van der Waals surface area (Å²) in [4.78, 5) is 4.52. The first-order chi connectivity index (χ1) is 9.35. The maximum atomic E-state index is 5.39. The van der Waals surface area contributed by atoms with Crippen molar-refractivity contribution in [1.82, 2.24) is 10.6 Å². The van der Waals surface area contributed by atoms with E-state index in [-0.39, 0.29) is 0 Å². The molecule has 0 heterocycles. The van der Waals surface area contributed by atoms with Gasteiger partial charge in [0.1, 0.15) is 0 Å². The molecule has 2 N–H and O–H groups in total. The van der Waals surface area contributed by atoms with Gasteiger partial charge in [-0.1, -0.05) is 0 Å². The van der Waals surface area contributed by atoms with Gasteiger partial charge in [0.05, 0.1) is 19.8 Å². The van der Waals surface area contributed by atoms with E-state index in [0.29, 0.717) is 19.8 Å². The Morgan fingerprint density at radius 1 is 1.16 bits per heavy atom. The summed E-state index contributed by atoms with van der Waals surface area (Å²) in [5.74, 6) is 2.09. The number of ether oxygens (including phenoxy) is 2. The van der Waals surface area contributed by atoms with E-state index in [1.807, 2.05) is 11.8 Å². The van der Waals surface area contributed by atoms with Crippen molar-refractivity contribution in [3.8, 4) is 0 Å². The second-order valence-corrected chi connectivity index (χ2v) is 4.98. The van der Waals surface area contributed by atoms with Gasteiger partial charge in [-0.15, -0.1) is 0 Å². The largest absolute Gasteiger partial charge is 0.382 e. The topological polar surface area (TPSA) is 54.9 Å². The lowest BCUT2D eigenvalue weighted by molar-refractivity contribution is 0.0733. The number of aliphatic imine (C=N–C) groups is 1. The number of methoxy groups -OCH3 is 1. The van der Waals surface area contributed by atoms with Crippen LogP contribution in [0.1, 0.15) is 19.8 Å². The predicted octanol–water partition coefficient (Wildman–Crippen LogP) is 1.35. The van der Waals surface area contributed by atoms with Crippen LogP contribution in [0.25, 0.3) is 0 Å². The Bertz CT molecular complexity index is 216. The smallest absolute Gasteiger partial charge is 0.191 e. The molecule has 0 saturated carbocycles. The summed E-state index contributed by atoms with van der Waals surface area (Å²) in [5.41, 5.74) is 0. The number of guanidine groups is 1. The molecular weight excluding hydrogens is 262 g/mol. The quantitative estimate of drug-likeness (QED) is 0.323. The molecule has 0 fully saturated rings. The summed E-state index contributed by atoms with van der Waals surface area (Å²) < 4.78 is 10.3. The lowest BCUT2D eigenvalue weighted by Gasteiger charge is -2.11. The Morgan fingerprint density at radius 2 is 2.00 bits per heavy atom. The first kappa shape index (κ1) is 18.5. The van der Waals surface area contributed by atoms with Crippen LogP contribution in [0.4, 0.5) is 0 Å². The van der Waals surface area contributed by atoms with Gasteiger partial charge in [-0.2, -0.15) is 11.8 Å². The Labute approximate surface area is 121 Å². The molecule has 0 aliphatic carbocycles. The number of hydrogen-bond donors (Lipinski definition) is 2. The van der Waals surface area contributed by atoms with E-state index in [1.54, 1.807) is 7.11 Å². The molecule has 0 radical (unpaired) electrons. The molecule has 0 aliphatic rings. The van der Waals surface area contributed by atoms with Gasteiger partial charge >= 0.3 is 0 Å². The van der Waals surface area contributed by atoms with Crippen LogP contribution in [-0.2, 0) is 9.47 Å². The van der Waals surface area contributed by atoms with Gasteiger partial charge in [-0.3, -0.25) is 4.99 Å². The van der Waals surface area contributed by atoms with Crippen molar-refractivity contribution in [3.05, 3.63) is 0 Å². The lowest BCUT2D eigenvalue weighted by Crippen LogP contribution is -2.39.